The van der Waals surface area contributed by atoms with E-state index in [2.05, 4.69) is 98.7 Å². The first-order chi connectivity index (χ1) is 26.5. The van der Waals surface area contributed by atoms with Gasteiger partial charge in [0, 0.05) is 52.5 Å². The minimum absolute atomic E-state index is 0. The Morgan fingerprint density at radius 3 is 1.52 bits per heavy atom. The zero-order valence-corrected chi connectivity index (χ0v) is 43.8. The fourth-order valence-electron chi connectivity index (χ4n) is 4.33. The number of esters is 2. The highest BCUT2D eigenvalue weighted by Gasteiger charge is 2.57. The molecule has 0 aromatic carbocycles. The first-order valence-electron chi connectivity index (χ1n) is 19.6. The molecule has 56 heavy (non-hydrogen) atoms. The summed E-state index contributed by atoms with van der Waals surface area (Å²) in [6.07, 6.45) is 15.7. The van der Waals surface area contributed by atoms with Crippen LogP contribution in [0.3, 0.4) is 0 Å². The van der Waals surface area contributed by atoms with Gasteiger partial charge in [-0.15, -0.1) is 35.6 Å². The van der Waals surface area contributed by atoms with Crippen molar-refractivity contribution >= 4 is 103 Å². The maximum Gasteiger partial charge on any atom is 0.338 e. The first-order valence-corrected chi connectivity index (χ1v) is 25.4. The maximum atomic E-state index is 11.1. The highest BCUT2D eigenvalue weighted by molar-refractivity contribution is 15.0. The second kappa shape index (κ2) is 38.3. The molecule has 2 saturated heterocycles. The van der Waals surface area contributed by atoms with Gasteiger partial charge in [-0.25, -0.2) is 9.59 Å². The van der Waals surface area contributed by atoms with Crippen LogP contribution in [0.15, 0.2) is 46.6 Å². The zero-order valence-electron chi connectivity index (χ0n) is 38.4. The number of hydrogen-bond donors (Lipinski definition) is 1. The number of carboxylic acids is 1. The number of allylic oxidation sites excluding steroid dienone is 8. The number of Topliss-reactive ketones (excluding diaryl/α,β-unsaturated/α-hetero) is 1. The van der Waals surface area contributed by atoms with Gasteiger partial charge in [0.1, 0.15) is 29.2 Å². The van der Waals surface area contributed by atoms with E-state index < -0.39 is 17.7 Å². The molecular weight excluding hydrogens is 1080 g/mol. The Hall–Kier alpha value is -0.890. The van der Waals surface area contributed by atoms with Crippen LogP contribution >= 0.6 is 72.8 Å². The summed E-state index contributed by atoms with van der Waals surface area (Å²) < 4.78 is 29.5. The van der Waals surface area contributed by atoms with E-state index in [0.717, 1.165) is 51.2 Å². The molecule has 5 unspecified atom stereocenters. The second-order valence-electron chi connectivity index (χ2n) is 14.6. The molecular formula is C42H74ClI3O10. The lowest BCUT2D eigenvalue weighted by Crippen LogP contribution is -2.18. The topological polar surface area (TPSA) is 149 Å². The average molecular weight is 1160 g/mol. The van der Waals surface area contributed by atoms with Crippen LogP contribution in [-0.2, 0) is 42.9 Å². The molecule has 0 aromatic heterocycles. The summed E-state index contributed by atoms with van der Waals surface area (Å²) in [6.45, 7) is 26.0. The van der Waals surface area contributed by atoms with Crippen molar-refractivity contribution in [1.82, 2.24) is 0 Å². The van der Waals surface area contributed by atoms with Gasteiger partial charge in [0.15, 0.2) is 12.2 Å². The van der Waals surface area contributed by atoms with E-state index in [0.29, 0.717) is 13.0 Å². The van der Waals surface area contributed by atoms with E-state index in [9.17, 15) is 24.0 Å². The first kappa shape index (κ1) is 61.8. The normalized spacial score (nSPS) is 19.5. The van der Waals surface area contributed by atoms with Gasteiger partial charge in [-0.2, -0.15) is 0 Å². The minimum Gasteiger partial charge on any atom is -0.479 e. The van der Waals surface area contributed by atoms with E-state index in [1.165, 1.54) is 29.4 Å². The van der Waals surface area contributed by atoms with Crippen molar-refractivity contribution in [2.45, 2.75) is 165 Å². The van der Waals surface area contributed by atoms with Crippen LogP contribution in [0.2, 0.25) is 0 Å². The third-order valence-electron chi connectivity index (χ3n) is 7.67. The standard InChI is InChI=1S/C11H18O3.C10H16O3.C9H16O.C8H14O.C4H7ClO2.I2.HI.H2/c1-8(2)6-5-7-11(3)9(14-11)10(12)13-4;1-7(2)5-4-6-10(3)8(13-10)9(11)12;1-8(2)5-4-6-9(3)7-10;1-7(2)5-4-6-8(3)9;1-2-7-4(6)3-5;1-2;;/h6,9H,5,7H2,1-4H3;5,8H,4,6H2,1-3H3,(H,11,12);5,7,9H,4,6H2,1-3H3;5H,4,6H2,1-3H3;2-3H2,1H3;;2*1H/i;;;;;;;1+2D. The lowest BCUT2D eigenvalue weighted by atomic mass is 10.0. The van der Waals surface area contributed by atoms with Crippen molar-refractivity contribution < 1.29 is 51.0 Å². The van der Waals surface area contributed by atoms with Gasteiger partial charge in [-0.05, 0) is 128 Å². The molecule has 2 rings (SSSR count). The molecule has 0 radical (unpaired) electrons. The Balaban J connectivity index is -0.000000144. The molecule has 0 saturated carbocycles. The summed E-state index contributed by atoms with van der Waals surface area (Å²) in [5, 5.41) is 8.66. The van der Waals surface area contributed by atoms with Crippen LogP contribution in [-0.4, -0.2) is 78.1 Å². The minimum atomic E-state index is -0.847. The summed E-state index contributed by atoms with van der Waals surface area (Å²) >= 11 is 9.30. The lowest BCUT2D eigenvalue weighted by Gasteiger charge is -2.02. The van der Waals surface area contributed by atoms with E-state index in [-0.39, 0.29) is 65.2 Å². The molecule has 0 aromatic rings. The number of hydrogen-bond acceptors (Lipinski definition) is 9. The quantitative estimate of drug-likeness (QED) is 0.0372. The molecule has 330 valence electrons. The second-order valence-corrected chi connectivity index (χ2v) is 14.8. The number of rotatable bonds is 17. The predicted octanol–water partition coefficient (Wildman–Crippen LogP) is 12.4. The highest BCUT2D eigenvalue weighted by Crippen LogP contribution is 2.41. The van der Waals surface area contributed by atoms with Crippen LogP contribution < -0.4 is 0 Å². The number of ether oxygens (including phenoxy) is 4. The number of aliphatic carboxylic acids is 1. The number of aldehydes is 1. The molecule has 0 spiro atoms. The van der Waals surface area contributed by atoms with Crippen molar-refractivity contribution in [3.05, 3.63) is 46.6 Å². The van der Waals surface area contributed by atoms with Gasteiger partial charge in [0.05, 0.1) is 13.7 Å². The molecule has 2 fully saturated rings. The van der Waals surface area contributed by atoms with Crippen molar-refractivity contribution in [3.8, 4) is 0 Å². The Bertz CT molecular complexity index is 1250. The fraction of sp³-hybridized carbons (Fsp3) is 0.690. The number of methoxy groups -OCH3 is 1. The fourth-order valence-corrected chi connectivity index (χ4v) is 4.41. The average Bonchev–Trinajstić information content (AvgIpc) is 4.03. The smallest absolute Gasteiger partial charge is 0.338 e. The van der Waals surface area contributed by atoms with Crippen molar-refractivity contribution in [2.24, 2.45) is 5.92 Å². The Morgan fingerprint density at radius 2 is 1.21 bits per heavy atom. The van der Waals surface area contributed by atoms with Crippen LogP contribution in [0.5, 0.6) is 0 Å². The molecule has 14 heteroatoms. The van der Waals surface area contributed by atoms with Crippen LogP contribution in [0.4, 0.5) is 0 Å². The van der Waals surface area contributed by atoms with Crippen molar-refractivity contribution in [2.75, 3.05) is 19.6 Å². The van der Waals surface area contributed by atoms with Gasteiger partial charge in [0.25, 0.3) is 0 Å². The number of ketones is 1. The molecule has 1 N–H and O–H groups in total. The molecule has 2 aliphatic heterocycles. The molecule has 2 aliphatic rings. The summed E-state index contributed by atoms with van der Waals surface area (Å²) in [4.78, 5) is 52.3. The number of carbonyl (C=O) groups is 5. The largest absolute Gasteiger partial charge is 0.479 e. The van der Waals surface area contributed by atoms with Crippen molar-refractivity contribution in [3.63, 3.8) is 0 Å². The summed E-state index contributed by atoms with van der Waals surface area (Å²) in [5.74, 6) is -1.02. The summed E-state index contributed by atoms with van der Waals surface area (Å²) in [5.41, 5.74) is 4.46. The Morgan fingerprint density at radius 1 is 0.821 bits per heavy atom. The third-order valence-corrected chi connectivity index (χ3v) is 7.88. The Labute approximate surface area is 387 Å². The molecule has 2 heterocycles. The van der Waals surface area contributed by atoms with Crippen LogP contribution in [0.25, 0.3) is 0 Å². The van der Waals surface area contributed by atoms with Crippen LogP contribution in [0.1, 0.15) is 144 Å². The lowest BCUT2D eigenvalue weighted by molar-refractivity contribution is -0.142. The number of epoxide rings is 2. The van der Waals surface area contributed by atoms with E-state index >= 15 is 0 Å². The highest BCUT2D eigenvalue weighted by atomic mass is 128. The van der Waals surface area contributed by atoms with E-state index in [1.54, 1.807) is 13.8 Å². The van der Waals surface area contributed by atoms with Crippen LogP contribution in [0, 0.1) is 5.92 Å². The number of halogens is 4. The molecule has 10 nitrogen and oxygen atoms in total. The SMILES string of the molecule is CC(=O)CCC=C(C)C.CC(C)=CCCC(C)C=O.CC(C)=CCCC1(C)OC1C(=O)O.CCOC(=O)CCl.COC(=O)C1OC1(C)CCC=C(C)C.I.II.[2H][3H]. The summed E-state index contributed by atoms with van der Waals surface area (Å²) in [6, 6.07) is 0. The monoisotopic (exact) mass is 1160 g/mol. The zero-order chi connectivity index (χ0) is 45.8. The molecule has 5 atom stereocenters. The van der Waals surface area contributed by atoms with Gasteiger partial charge in [-0.3, -0.25) is 4.79 Å². The van der Waals surface area contributed by atoms with Crippen molar-refractivity contribution in [1.29, 1.82) is 0 Å². The molecule has 0 aliphatic carbocycles. The van der Waals surface area contributed by atoms with Gasteiger partial charge >= 0.3 is 17.9 Å². The summed E-state index contributed by atoms with van der Waals surface area (Å²) in [7, 11) is 1.39. The molecule has 0 bridgehead atoms. The van der Waals surface area contributed by atoms with E-state index in [1.807, 2.05) is 48.5 Å². The van der Waals surface area contributed by atoms with Gasteiger partial charge < -0.3 is 33.6 Å². The predicted molar refractivity (Wildman–Crippen MR) is 260 cm³/mol. The van der Waals surface area contributed by atoms with E-state index in [4.69, 9.17) is 29.2 Å². The molecule has 0 amide bonds. The number of carboxylic acid groups (broad SMARTS) is 1. The van der Waals surface area contributed by atoms with Gasteiger partial charge in [-0.1, -0.05) is 53.5 Å². The third kappa shape index (κ3) is 39.9. The number of alkyl halides is 1. The maximum absolute atomic E-state index is 11.1. The van der Waals surface area contributed by atoms with Gasteiger partial charge in [0.2, 0.25) is 0 Å². The Kier molecular flexibility index (Phi) is 42.3. The number of carbonyl (C=O) groups excluding carboxylic acids is 4.